The van der Waals surface area contributed by atoms with Crippen LogP contribution in [0.3, 0.4) is 0 Å². The summed E-state index contributed by atoms with van der Waals surface area (Å²) < 4.78 is 0. The number of aryl methyl sites for hydroxylation is 1. The molecule has 3 atom stereocenters. The summed E-state index contributed by atoms with van der Waals surface area (Å²) in [4.78, 5) is 30.3. The van der Waals surface area contributed by atoms with Crippen molar-refractivity contribution in [3.63, 3.8) is 0 Å². The van der Waals surface area contributed by atoms with Gasteiger partial charge in [0.15, 0.2) is 5.78 Å². The molecule has 35 heavy (non-hydrogen) atoms. The van der Waals surface area contributed by atoms with Crippen LogP contribution in [0.4, 0.5) is 0 Å². The van der Waals surface area contributed by atoms with Gasteiger partial charge in [-0.1, -0.05) is 69.5 Å². The number of Topliss-reactive ketones (excluding diaryl/α,β-unsaturated/α-hetero) is 2. The predicted molar refractivity (Wildman–Crippen MR) is 145 cm³/mol. The molecule has 0 amide bonds. The first-order valence-corrected chi connectivity index (χ1v) is 13.7. The lowest BCUT2D eigenvalue weighted by Crippen LogP contribution is -2.16. The summed E-state index contributed by atoms with van der Waals surface area (Å²) >= 11 is 0. The largest absolute Gasteiger partial charge is 0.299 e. The molecule has 1 saturated carbocycles. The summed E-state index contributed by atoms with van der Waals surface area (Å²) in [5.74, 6) is 1.66. The molecule has 3 rings (SSSR count). The Labute approximate surface area is 212 Å². The van der Waals surface area contributed by atoms with E-state index in [1.54, 1.807) is 6.08 Å². The lowest BCUT2D eigenvalue weighted by Gasteiger charge is -2.16. The number of pyridine rings is 1. The van der Waals surface area contributed by atoms with Crippen LogP contribution in [0.15, 0.2) is 49.2 Å². The first kappa shape index (κ1) is 27.0. The lowest BCUT2D eigenvalue weighted by atomic mass is 9.87. The number of unbranched alkanes of at least 4 members (excludes halogenated alkanes) is 1. The Balaban J connectivity index is 1.41. The summed E-state index contributed by atoms with van der Waals surface area (Å²) in [7, 11) is 0. The molecule has 1 aliphatic rings. The van der Waals surface area contributed by atoms with Gasteiger partial charge in [0.1, 0.15) is 5.78 Å². The zero-order valence-corrected chi connectivity index (χ0v) is 21.8. The Kier molecular flexibility index (Phi) is 10.9. The van der Waals surface area contributed by atoms with E-state index in [1.165, 1.54) is 12.0 Å². The van der Waals surface area contributed by atoms with Gasteiger partial charge in [-0.3, -0.25) is 14.6 Å². The van der Waals surface area contributed by atoms with Gasteiger partial charge in [0.25, 0.3) is 0 Å². The summed E-state index contributed by atoms with van der Waals surface area (Å²) in [6, 6.07) is 12.1. The first-order valence-electron chi connectivity index (χ1n) is 13.7. The summed E-state index contributed by atoms with van der Waals surface area (Å²) in [5, 5.41) is 0. The quantitative estimate of drug-likeness (QED) is 0.167. The molecule has 0 spiro atoms. The molecule has 1 aliphatic carbocycles. The maximum absolute atomic E-state index is 13.0. The molecule has 2 aromatic rings. The van der Waals surface area contributed by atoms with Crippen molar-refractivity contribution in [2.45, 2.75) is 90.9 Å². The van der Waals surface area contributed by atoms with E-state index in [-0.39, 0.29) is 17.6 Å². The van der Waals surface area contributed by atoms with E-state index < -0.39 is 0 Å². The van der Waals surface area contributed by atoms with Gasteiger partial charge >= 0.3 is 0 Å². The van der Waals surface area contributed by atoms with E-state index in [2.05, 4.69) is 30.6 Å². The van der Waals surface area contributed by atoms with Crippen molar-refractivity contribution in [2.75, 3.05) is 0 Å². The monoisotopic (exact) mass is 473 g/mol. The van der Waals surface area contributed by atoms with Crippen molar-refractivity contribution < 1.29 is 9.59 Å². The Morgan fingerprint density at radius 1 is 1.06 bits per heavy atom. The minimum atomic E-state index is 0.0557. The topological polar surface area (TPSA) is 47.0 Å². The van der Waals surface area contributed by atoms with Crippen molar-refractivity contribution >= 4 is 17.6 Å². The van der Waals surface area contributed by atoms with Crippen LogP contribution in [0.1, 0.15) is 105 Å². The number of carbonyl (C=O) groups excluding carboxylic acids is 2. The fourth-order valence-electron chi connectivity index (χ4n) is 5.64. The Morgan fingerprint density at radius 2 is 1.86 bits per heavy atom. The molecule has 3 heteroatoms. The minimum absolute atomic E-state index is 0.0557. The number of nitrogens with zero attached hydrogens (tertiary/aromatic N) is 1. The average Bonchev–Trinajstić information content (AvgIpc) is 3.11. The van der Waals surface area contributed by atoms with E-state index in [4.69, 9.17) is 0 Å². The molecule has 1 aromatic carbocycles. The highest BCUT2D eigenvalue weighted by atomic mass is 16.1. The summed E-state index contributed by atoms with van der Waals surface area (Å²) in [6.07, 6.45) is 15.7. The van der Waals surface area contributed by atoms with Gasteiger partial charge in [0, 0.05) is 35.7 Å². The highest BCUT2D eigenvalue weighted by Gasteiger charge is 2.24. The molecule has 188 valence electrons. The second-order valence-electron chi connectivity index (χ2n) is 10.5. The van der Waals surface area contributed by atoms with E-state index in [0.717, 1.165) is 81.0 Å². The van der Waals surface area contributed by atoms with Crippen molar-refractivity contribution in [3.05, 3.63) is 71.6 Å². The maximum atomic E-state index is 13.0. The fraction of sp³-hybridized carbons (Fsp3) is 0.531. The van der Waals surface area contributed by atoms with Gasteiger partial charge in [-0.05, 0) is 81.0 Å². The number of ketones is 2. The maximum Gasteiger partial charge on any atom is 0.165 e. The first-order chi connectivity index (χ1) is 17.0. The zero-order valence-electron chi connectivity index (χ0n) is 21.8. The van der Waals surface area contributed by atoms with E-state index >= 15 is 0 Å². The highest BCUT2D eigenvalue weighted by Crippen LogP contribution is 2.31. The Bertz CT molecular complexity index is 962. The standard InChI is InChI=1S/C32H43NO2/c1-4-9-29(32(35)30-18-14-25(5-2)15-19-30)11-6-7-13-31(34)28-12-8-10-26(16-17-28)23-27-20-21-33-24(3)22-27/h5,14-15,18-22,26,28-29H,2,4,6-13,16-17,23H2,1,3H3. The van der Waals surface area contributed by atoms with Crippen LogP contribution >= 0.6 is 0 Å². The van der Waals surface area contributed by atoms with Crippen LogP contribution in [0.2, 0.25) is 0 Å². The smallest absolute Gasteiger partial charge is 0.165 e. The van der Waals surface area contributed by atoms with Gasteiger partial charge in [-0.15, -0.1) is 0 Å². The third-order valence-corrected chi connectivity index (χ3v) is 7.69. The zero-order chi connectivity index (χ0) is 25.0. The van der Waals surface area contributed by atoms with Gasteiger partial charge in [-0.2, -0.15) is 0 Å². The molecule has 1 fully saturated rings. The number of aromatic nitrogens is 1. The van der Waals surface area contributed by atoms with Crippen molar-refractivity contribution in [3.8, 4) is 0 Å². The predicted octanol–water partition coefficient (Wildman–Crippen LogP) is 8.20. The number of carbonyl (C=O) groups is 2. The number of rotatable bonds is 13. The summed E-state index contributed by atoms with van der Waals surface area (Å²) in [6.45, 7) is 7.97. The van der Waals surface area contributed by atoms with Crippen LogP contribution in [-0.2, 0) is 11.2 Å². The molecular formula is C32H43NO2. The van der Waals surface area contributed by atoms with Gasteiger partial charge in [0.05, 0.1) is 0 Å². The lowest BCUT2D eigenvalue weighted by molar-refractivity contribution is -0.123. The number of benzene rings is 1. The molecule has 0 N–H and O–H groups in total. The van der Waals surface area contributed by atoms with Crippen molar-refractivity contribution in [1.82, 2.24) is 4.98 Å². The third kappa shape index (κ3) is 8.56. The van der Waals surface area contributed by atoms with E-state index in [0.29, 0.717) is 18.1 Å². The fourth-order valence-corrected chi connectivity index (χ4v) is 5.64. The molecule has 0 aliphatic heterocycles. The third-order valence-electron chi connectivity index (χ3n) is 7.69. The molecule has 3 unspecified atom stereocenters. The average molecular weight is 474 g/mol. The van der Waals surface area contributed by atoms with Crippen molar-refractivity contribution in [2.24, 2.45) is 17.8 Å². The Morgan fingerprint density at radius 3 is 2.57 bits per heavy atom. The number of hydrogen-bond donors (Lipinski definition) is 0. The van der Waals surface area contributed by atoms with Crippen LogP contribution < -0.4 is 0 Å². The molecule has 1 aromatic heterocycles. The molecule has 0 radical (unpaired) electrons. The van der Waals surface area contributed by atoms with Crippen LogP contribution in [0.25, 0.3) is 6.08 Å². The van der Waals surface area contributed by atoms with Crippen molar-refractivity contribution in [1.29, 1.82) is 0 Å². The van der Waals surface area contributed by atoms with Gasteiger partial charge in [-0.25, -0.2) is 0 Å². The van der Waals surface area contributed by atoms with Crippen LogP contribution in [0.5, 0.6) is 0 Å². The van der Waals surface area contributed by atoms with E-state index in [1.807, 2.05) is 37.4 Å². The normalized spacial score (nSPS) is 19.0. The summed E-state index contributed by atoms with van der Waals surface area (Å²) in [5.41, 5.74) is 4.28. The second kappa shape index (κ2) is 14.1. The van der Waals surface area contributed by atoms with Crippen LogP contribution in [0, 0.1) is 24.7 Å². The van der Waals surface area contributed by atoms with E-state index in [9.17, 15) is 9.59 Å². The molecule has 0 saturated heterocycles. The molecule has 3 nitrogen and oxygen atoms in total. The second-order valence-corrected chi connectivity index (χ2v) is 10.5. The molecular weight excluding hydrogens is 430 g/mol. The van der Waals surface area contributed by atoms with Gasteiger partial charge in [0.2, 0.25) is 0 Å². The van der Waals surface area contributed by atoms with Crippen LogP contribution in [-0.4, -0.2) is 16.6 Å². The number of hydrogen-bond acceptors (Lipinski definition) is 3. The SMILES string of the molecule is C=Cc1ccc(C(=O)C(CCC)CCCCC(=O)C2CCCC(Cc3ccnc(C)c3)CC2)cc1. The highest BCUT2D eigenvalue weighted by molar-refractivity contribution is 5.98. The minimum Gasteiger partial charge on any atom is -0.299 e. The molecule has 0 bridgehead atoms. The van der Waals surface area contributed by atoms with Gasteiger partial charge < -0.3 is 0 Å². The molecule has 1 heterocycles. The Hall–Kier alpha value is -2.55.